The van der Waals surface area contributed by atoms with E-state index in [0.717, 1.165) is 48.9 Å². The van der Waals surface area contributed by atoms with Crippen LogP contribution in [0.25, 0.3) is 0 Å². The second kappa shape index (κ2) is 15.5. The number of rotatable bonds is 13. The fourth-order valence-electron chi connectivity index (χ4n) is 7.30. The SMILES string of the molecule is CCCCCOC(=O)[C@H]1CC[C@H](CC[C@H]2CC[C@H](CC[C@H]3CC[C@H](CCC)CC3)CC2)CC1. The van der Waals surface area contributed by atoms with E-state index in [9.17, 15) is 4.79 Å². The average Bonchev–Trinajstić information content (AvgIpc) is 2.86. The standard InChI is InChI=1S/C31H56O2/c1-3-5-6-24-33-31(32)30-22-20-29(21-23-30)19-18-28-16-14-27(15-17-28)13-12-26-10-8-25(7-4-2)9-11-26/h25-30H,3-24H2,1-2H3/t25-,26-,27-,28-,29-,30-. The van der Waals surface area contributed by atoms with Crippen molar-refractivity contribution in [3.8, 4) is 0 Å². The summed E-state index contributed by atoms with van der Waals surface area (Å²) in [4.78, 5) is 12.3. The molecule has 0 aromatic rings. The van der Waals surface area contributed by atoms with Gasteiger partial charge in [-0.05, 0) is 61.7 Å². The van der Waals surface area contributed by atoms with E-state index in [1.807, 2.05) is 0 Å². The first-order valence-electron chi connectivity index (χ1n) is 15.3. The first kappa shape index (κ1) is 27.1. The number of hydrogen-bond acceptors (Lipinski definition) is 2. The van der Waals surface area contributed by atoms with Gasteiger partial charge in [0.15, 0.2) is 0 Å². The van der Waals surface area contributed by atoms with Gasteiger partial charge in [0.2, 0.25) is 0 Å². The van der Waals surface area contributed by atoms with Crippen molar-refractivity contribution in [2.75, 3.05) is 6.61 Å². The van der Waals surface area contributed by atoms with Gasteiger partial charge in [-0.15, -0.1) is 0 Å². The molecular weight excluding hydrogens is 404 g/mol. The van der Waals surface area contributed by atoms with Gasteiger partial charge in [0.1, 0.15) is 0 Å². The van der Waals surface area contributed by atoms with Crippen molar-refractivity contribution in [1.82, 2.24) is 0 Å². The maximum absolute atomic E-state index is 12.3. The van der Waals surface area contributed by atoms with Gasteiger partial charge in [-0.3, -0.25) is 4.79 Å². The Bertz CT molecular complexity index is 505. The predicted octanol–water partition coefficient (Wildman–Crippen LogP) is 9.50. The van der Waals surface area contributed by atoms with Crippen LogP contribution in [0.3, 0.4) is 0 Å². The Balaban J connectivity index is 1.20. The molecule has 0 bridgehead atoms. The molecule has 0 amide bonds. The van der Waals surface area contributed by atoms with Gasteiger partial charge >= 0.3 is 5.97 Å². The molecule has 0 unspecified atom stereocenters. The number of carbonyl (C=O) groups is 1. The molecule has 2 nitrogen and oxygen atoms in total. The number of hydrogen-bond donors (Lipinski definition) is 0. The number of unbranched alkanes of at least 4 members (excludes halogenated alkanes) is 2. The van der Waals surface area contributed by atoms with Crippen LogP contribution in [-0.4, -0.2) is 12.6 Å². The van der Waals surface area contributed by atoms with Crippen LogP contribution in [0.4, 0.5) is 0 Å². The Hall–Kier alpha value is -0.530. The van der Waals surface area contributed by atoms with Crippen LogP contribution < -0.4 is 0 Å². The fourth-order valence-corrected chi connectivity index (χ4v) is 7.30. The largest absolute Gasteiger partial charge is 0.465 e. The highest BCUT2D eigenvalue weighted by atomic mass is 16.5. The van der Waals surface area contributed by atoms with Gasteiger partial charge in [0, 0.05) is 0 Å². The molecule has 33 heavy (non-hydrogen) atoms. The maximum atomic E-state index is 12.3. The molecule has 0 spiro atoms. The van der Waals surface area contributed by atoms with Gasteiger partial charge in [-0.2, -0.15) is 0 Å². The normalized spacial score (nSPS) is 33.0. The zero-order valence-electron chi connectivity index (χ0n) is 22.3. The third-order valence-electron chi connectivity index (χ3n) is 9.77. The van der Waals surface area contributed by atoms with Crippen LogP contribution in [0.15, 0.2) is 0 Å². The lowest BCUT2D eigenvalue weighted by molar-refractivity contribution is -0.150. The van der Waals surface area contributed by atoms with Gasteiger partial charge in [0.25, 0.3) is 0 Å². The first-order valence-corrected chi connectivity index (χ1v) is 15.3. The van der Waals surface area contributed by atoms with Gasteiger partial charge in [-0.25, -0.2) is 0 Å². The van der Waals surface area contributed by atoms with Crippen LogP contribution >= 0.6 is 0 Å². The molecule has 0 radical (unpaired) electrons. The lowest BCUT2D eigenvalue weighted by Crippen LogP contribution is -2.24. The molecule has 3 aliphatic rings. The molecule has 0 N–H and O–H groups in total. The summed E-state index contributed by atoms with van der Waals surface area (Å²) in [5.41, 5.74) is 0. The summed E-state index contributed by atoms with van der Waals surface area (Å²) in [5, 5.41) is 0. The Morgan fingerprint density at radius 1 is 0.545 bits per heavy atom. The zero-order valence-corrected chi connectivity index (χ0v) is 22.3. The molecule has 0 aliphatic heterocycles. The van der Waals surface area contributed by atoms with E-state index < -0.39 is 0 Å². The van der Waals surface area contributed by atoms with E-state index in [4.69, 9.17) is 4.74 Å². The van der Waals surface area contributed by atoms with Crippen molar-refractivity contribution >= 4 is 5.97 Å². The Labute approximate surface area is 206 Å². The second-order valence-corrected chi connectivity index (χ2v) is 12.3. The van der Waals surface area contributed by atoms with Gasteiger partial charge in [0.05, 0.1) is 12.5 Å². The molecular formula is C31H56O2. The van der Waals surface area contributed by atoms with Crippen molar-refractivity contribution in [3.63, 3.8) is 0 Å². The molecule has 3 aliphatic carbocycles. The molecule has 0 aromatic heterocycles. The van der Waals surface area contributed by atoms with E-state index in [-0.39, 0.29) is 11.9 Å². The minimum atomic E-state index is 0.0943. The topological polar surface area (TPSA) is 26.3 Å². The Morgan fingerprint density at radius 3 is 1.33 bits per heavy atom. The summed E-state index contributed by atoms with van der Waals surface area (Å²) < 4.78 is 5.52. The number of esters is 1. The molecule has 0 heterocycles. The highest BCUT2D eigenvalue weighted by Gasteiger charge is 2.29. The van der Waals surface area contributed by atoms with Gasteiger partial charge in [-0.1, -0.05) is 117 Å². The summed E-state index contributed by atoms with van der Waals surface area (Å²) in [6.45, 7) is 5.17. The minimum Gasteiger partial charge on any atom is -0.465 e. The van der Waals surface area contributed by atoms with Crippen molar-refractivity contribution < 1.29 is 9.53 Å². The van der Waals surface area contributed by atoms with Crippen LogP contribution in [0.2, 0.25) is 0 Å². The van der Waals surface area contributed by atoms with E-state index >= 15 is 0 Å². The van der Waals surface area contributed by atoms with Crippen LogP contribution in [-0.2, 0) is 9.53 Å². The van der Waals surface area contributed by atoms with Crippen LogP contribution in [0.5, 0.6) is 0 Å². The predicted molar refractivity (Wildman–Crippen MR) is 140 cm³/mol. The second-order valence-electron chi connectivity index (χ2n) is 12.3. The average molecular weight is 461 g/mol. The van der Waals surface area contributed by atoms with Crippen molar-refractivity contribution in [2.24, 2.45) is 35.5 Å². The molecule has 3 rings (SSSR count). The molecule has 2 heteroatoms. The summed E-state index contributed by atoms with van der Waals surface area (Å²) >= 11 is 0. The van der Waals surface area contributed by atoms with E-state index in [1.165, 1.54) is 116 Å². The van der Waals surface area contributed by atoms with Crippen molar-refractivity contribution in [1.29, 1.82) is 0 Å². The Morgan fingerprint density at radius 2 is 0.939 bits per heavy atom. The monoisotopic (exact) mass is 460 g/mol. The third-order valence-corrected chi connectivity index (χ3v) is 9.77. The number of carbonyl (C=O) groups excluding carboxylic acids is 1. The zero-order chi connectivity index (χ0) is 23.3. The van der Waals surface area contributed by atoms with Crippen molar-refractivity contribution in [2.45, 2.75) is 149 Å². The molecule has 0 aromatic carbocycles. The van der Waals surface area contributed by atoms with Crippen molar-refractivity contribution in [3.05, 3.63) is 0 Å². The van der Waals surface area contributed by atoms with E-state index in [0.29, 0.717) is 6.61 Å². The molecule has 3 fully saturated rings. The highest BCUT2D eigenvalue weighted by molar-refractivity contribution is 5.72. The molecule has 3 saturated carbocycles. The van der Waals surface area contributed by atoms with E-state index in [1.54, 1.807) is 0 Å². The van der Waals surface area contributed by atoms with Crippen LogP contribution in [0, 0.1) is 35.5 Å². The highest BCUT2D eigenvalue weighted by Crippen LogP contribution is 2.40. The molecule has 0 saturated heterocycles. The Kier molecular flexibility index (Phi) is 12.7. The molecule has 192 valence electrons. The lowest BCUT2D eigenvalue weighted by Gasteiger charge is -2.33. The quantitative estimate of drug-likeness (QED) is 0.202. The summed E-state index contributed by atoms with van der Waals surface area (Å²) in [5.74, 6) is 5.30. The maximum Gasteiger partial charge on any atom is 0.308 e. The van der Waals surface area contributed by atoms with Gasteiger partial charge < -0.3 is 4.74 Å². The smallest absolute Gasteiger partial charge is 0.308 e. The third kappa shape index (κ3) is 9.93. The fraction of sp³-hybridized carbons (Fsp3) is 0.968. The lowest BCUT2D eigenvalue weighted by atomic mass is 9.73. The summed E-state index contributed by atoms with van der Waals surface area (Å²) in [6, 6.07) is 0. The minimum absolute atomic E-state index is 0.0943. The van der Waals surface area contributed by atoms with E-state index in [2.05, 4.69) is 13.8 Å². The summed E-state index contributed by atoms with van der Waals surface area (Å²) in [7, 11) is 0. The number of ether oxygens (including phenoxy) is 1. The summed E-state index contributed by atoms with van der Waals surface area (Å²) in [6.07, 6.45) is 28.9. The first-order chi connectivity index (χ1) is 16.2. The van der Waals surface area contributed by atoms with Crippen LogP contribution in [0.1, 0.15) is 149 Å². The molecule has 0 atom stereocenters.